The van der Waals surface area contributed by atoms with Gasteiger partial charge in [0, 0.05) is 22.1 Å². The van der Waals surface area contributed by atoms with Crippen LogP contribution >= 0.6 is 11.3 Å². The van der Waals surface area contributed by atoms with Crippen molar-refractivity contribution in [2.45, 2.75) is 19.4 Å². The molecule has 108 valence electrons. The molecular weight excluding hydrogens is 285 g/mol. The van der Waals surface area contributed by atoms with E-state index in [1.165, 1.54) is 10.9 Å². The molecule has 0 aliphatic rings. The number of nitrogen functional groups attached to an aromatic ring is 1. The van der Waals surface area contributed by atoms with Crippen LogP contribution in [0.25, 0.3) is 10.9 Å². The average molecular weight is 301 g/mol. The topological polar surface area (TPSA) is 50.9 Å². The maximum atomic E-state index is 14.3. The lowest BCUT2D eigenvalue weighted by Crippen LogP contribution is -2.10. The zero-order chi connectivity index (χ0) is 14.8. The molecule has 0 radical (unpaired) electrons. The lowest BCUT2D eigenvalue weighted by Gasteiger charge is -2.19. The van der Waals surface area contributed by atoms with Gasteiger partial charge in [-0.1, -0.05) is 13.0 Å². The van der Waals surface area contributed by atoms with Gasteiger partial charge in [-0.15, -0.1) is 11.3 Å². The van der Waals surface area contributed by atoms with E-state index in [4.69, 9.17) is 5.73 Å². The lowest BCUT2D eigenvalue weighted by molar-refractivity contribution is 0.626. The fourth-order valence-corrected chi connectivity index (χ4v) is 3.27. The molecule has 1 atom stereocenters. The second kappa shape index (κ2) is 5.69. The Morgan fingerprint density at radius 1 is 1.38 bits per heavy atom. The molecule has 0 fully saturated rings. The summed E-state index contributed by atoms with van der Waals surface area (Å²) in [7, 11) is 0. The molecule has 2 heterocycles. The Morgan fingerprint density at radius 2 is 2.24 bits per heavy atom. The number of benzene rings is 1. The molecule has 2 aromatic heterocycles. The molecule has 0 amide bonds. The van der Waals surface area contributed by atoms with Crippen molar-refractivity contribution in [2.75, 3.05) is 11.1 Å². The summed E-state index contributed by atoms with van der Waals surface area (Å²) in [5, 5.41) is 6.08. The molecular formula is C16H16FN3S. The van der Waals surface area contributed by atoms with Gasteiger partial charge in [-0.2, -0.15) is 0 Å². The molecule has 3 rings (SSSR count). The summed E-state index contributed by atoms with van der Waals surface area (Å²) in [5.74, 6) is -0.367. The smallest absolute Gasteiger partial charge is 0.150 e. The highest BCUT2D eigenvalue weighted by Gasteiger charge is 2.17. The fourth-order valence-electron chi connectivity index (χ4n) is 2.41. The van der Waals surface area contributed by atoms with Crippen LogP contribution in [0.2, 0.25) is 0 Å². The molecule has 0 saturated carbocycles. The Bertz CT molecular complexity index is 756. The van der Waals surface area contributed by atoms with Crippen molar-refractivity contribution in [1.82, 2.24) is 4.98 Å². The van der Waals surface area contributed by atoms with Gasteiger partial charge in [0.2, 0.25) is 0 Å². The normalized spacial score (nSPS) is 12.5. The van der Waals surface area contributed by atoms with Crippen molar-refractivity contribution in [3.63, 3.8) is 0 Å². The highest BCUT2D eigenvalue weighted by molar-refractivity contribution is 7.10. The summed E-state index contributed by atoms with van der Waals surface area (Å²) in [6.07, 6.45) is 2.51. The molecule has 0 bridgehead atoms. The van der Waals surface area contributed by atoms with Gasteiger partial charge in [-0.05, 0) is 36.1 Å². The lowest BCUT2D eigenvalue weighted by atomic mass is 10.1. The SMILES string of the molecule is CCC(Nc1c(F)cc(N)c2cccnc12)c1cccs1. The van der Waals surface area contributed by atoms with Gasteiger partial charge in [0.25, 0.3) is 0 Å². The summed E-state index contributed by atoms with van der Waals surface area (Å²) in [5.41, 5.74) is 7.28. The number of nitrogens with zero attached hydrogens (tertiary/aromatic N) is 1. The van der Waals surface area contributed by atoms with E-state index < -0.39 is 0 Å². The monoisotopic (exact) mass is 301 g/mol. The number of nitrogens with two attached hydrogens (primary N) is 1. The van der Waals surface area contributed by atoms with Crippen molar-refractivity contribution >= 4 is 33.6 Å². The Hall–Kier alpha value is -2.14. The Balaban J connectivity index is 2.08. The summed E-state index contributed by atoms with van der Waals surface area (Å²) in [6.45, 7) is 2.07. The summed E-state index contributed by atoms with van der Waals surface area (Å²) >= 11 is 1.66. The minimum absolute atomic E-state index is 0.0633. The summed E-state index contributed by atoms with van der Waals surface area (Å²) < 4.78 is 14.3. The van der Waals surface area contributed by atoms with Gasteiger partial charge < -0.3 is 11.1 Å². The van der Waals surface area contributed by atoms with Crippen molar-refractivity contribution in [2.24, 2.45) is 0 Å². The molecule has 3 aromatic rings. The molecule has 0 aliphatic carbocycles. The molecule has 3 nitrogen and oxygen atoms in total. The largest absolute Gasteiger partial charge is 0.398 e. The highest BCUT2D eigenvalue weighted by Crippen LogP contribution is 2.33. The van der Waals surface area contributed by atoms with Crippen LogP contribution in [-0.4, -0.2) is 4.98 Å². The van der Waals surface area contributed by atoms with E-state index in [0.29, 0.717) is 16.9 Å². The number of thiophene rings is 1. The maximum Gasteiger partial charge on any atom is 0.150 e. The third kappa shape index (κ3) is 2.56. The molecule has 0 spiro atoms. The van der Waals surface area contributed by atoms with Gasteiger partial charge in [-0.3, -0.25) is 4.98 Å². The van der Waals surface area contributed by atoms with E-state index in [0.717, 1.165) is 11.8 Å². The highest BCUT2D eigenvalue weighted by atomic mass is 32.1. The number of halogens is 1. The Kier molecular flexibility index (Phi) is 3.75. The summed E-state index contributed by atoms with van der Waals surface area (Å²) in [6, 6.07) is 9.13. The van der Waals surface area contributed by atoms with Crippen molar-refractivity contribution in [3.05, 3.63) is 52.6 Å². The van der Waals surface area contributed by atoms with Crippen molar-refractivity contribution < 1.29 is 4.39 Å². The Morgan fingerprint density at radius 3 is 2.95 bits per heavy atom. The third-order valence-electron chi connectivity index (χ3n) is 3.49. The Labute approximate surface area is 126 Å². The molecule has 21 heavy (non-hydrogen) atoms. The van der Waals surface area contributed by atoms with Crippen molar-refractivity contribution in [1.29, 1.82) is 0 Å². The van der Waals surface area contributed by atoms with E-state index >= 15 is 0 Å². The molecule has 1 aromatic carbocycles. The zero-order valence-electron chi connectivity index (χ0n) is 11.6. The summed E-state index contributed by atoms with van der Waals surface area (Å²) in [4.78, 5) is 5.47. The minimum atomic E-state index is -0.367. The van der Waals surface area contributed by atoms with E-state index in [2.05, 4.69) is 23.3 Å². The maximum absolute atomic E-state index is 14.3. The fraction of sp³-hybridized carbons (Fsp3) is 0.188. The second-order valence-electron chi connectivity index (χ2n) is 4.84. The van der Waals surface area contributed by atoms with Gasteiger partial charge in [0.05, 0.1) is 17.2 Å². The first-order valence-electron chi connectivity index (χ1n) is 6.83. The first-order valence-corrected chi connectivity index (χ1v) is 7.71. The molecule has 1 unspecified atom stereocenters. The van der Waals surface area contributed by atoms with Crippen LogP contribution < -0.4 is 11.1 Å². The van der Waals surface area contributed by atoms with Crippen LogP contribution in [0.15, 0.2) is 41.9 Å². The minimum Gasteiger partial charge on any atom is -0.398 e. The molecule has 3 N–H and O–H groups in total. The van der Waals surface area contributed by atoms with Crippen LogP contribution in [0.5, 0.6) is 0 Å². The number of hydrogen-bond acceptors (Lipinski definition) is 4. The van der Waals surface area contributed by atoms with E-state index in [1.54, 1.807) is 23.6 Å². The first kappa shape index (κ1) is 13.8. The van der Waals surface area contributed by atoms with E-state index in [-0.39, 0.29) is 11.9 Å². The predicted octanol–water partition coefficient (Wildman–Crippen LogP) is 4.58. The van der Waals surface area contributed by atoms with Gasteiger partial charge >= 0.3 is 0 Å². The number of nitrogens with one attached hydrogen (secondary N) is 1. The van der Waals surface area contributed by atoms with Crippen LogP contribution in [-0.2, 0) is 0 Å². The van der Waals surface area contributed by atoms with Crippen LogP contribution in [0.4, 0.5) is 15.8 Å². The molecule has 5 heteroatoms. The number of hydrogen-bond donors (Lipinski definition) is 2. The van der Waals surface area contributed by atoms with Gasteiger partial charge in [0.1, 0.15) is 0 Å². The van der Waals surface area contributed by atoms with Gasteiger partial charge in [0.15, 0.2) is 5.82 Å². The van der Waals surface area contributed by atoms with Crippen LogP contribution in [0, 0.1) is 5.82 Å². The molecule has 0 aliphatic heterocycles. The quantitative estimate of drug-likeness (QED) is 0.693. The predicted molar refractivity (Wildman–Crippen MR) is 87.1 cm³/mol. The zero-order valence-corrected chi connectivity index (χ0v) is 12.5. The third-order valence-corrected chi connectivity index (χ3v) is 4.48. The molecule has 0 saturated heterocycles. The number of fused-ring (bicyclic) bond motifs is 1. The van der Waals surface area contributed by atoms with Crippen LogP contribution in [0.1, 0.15) is 24.3 Å². The van der Waals surface area contributed by atoms with E-state index in [1.807, 2.05) is 17.5 Å². The van der Waals surface area contributed by atoms with Crippen molar-refractivity contribution in [3.8, 4) is 0 Å². The average Bonchev–Trinajstić information content (AvgIpc) is 3.01. The number of rotatable bonds is 4. The van der Waals surface area contributed by atoms with Gasteiger partial charge in [-0.25, -0.2) is 4.39 Å². The number of aromatic nitrogens is 1. The standard InChI is InChI=1S/C16H16FN3S/c1-2-13(14-6-4-8-21-14)20-16-11(17)9-12(18)10-5-3-7-19-15(10)16/h3-9,13,20H,2,18H2,1H3. The van der Waals surface area contributed by atoms with Crippen LogP contribution in [0.3, 0.4) is 0 Å². The van der Waals surface area contributed by atoms with E-state index in [9.17, 15) is 4.39 Å². The number of pyridine rings is 1. The first-order chi connectivity index (χ1) is 10.2. The second-order valence-corrected chi connectivity index (χ2v) is 5.82. The number of anilines is 2.